The largest absolute Gasteiger partial charge is 0.436 e. The molecule has 0 aromatic heterocycles. The average Bonchev–Trinajstić information content (AvgIpc) is 2.97. The molecule has 2 aromatic rings. The summed E-state index contributed by atoms with van der Waals surface area (Å²) in [5.74, 6) is -1.79. The van der Waals surface area contributed by atoms with Crippen LogP contribution in [0.5, 0.6) is 0 Å². The fraction of sp³-hybridized carbons (Fsp3) is 0.217. The maximum absolute atomic E-state index is 13.7. The van der Waals surface area contributed by atoms with E-state index < -0.39 is 23.4 Å². The number of carbonyl (C=O) groups excluding carboxylic acids is 4. The van der Waals surface area contributed by atoms with Crippen molar-refractivity contribution in [2.45, 2.75) is 32.3 Å². The molecule has 4 rings (SSSR count). The van der Waals surface area contributed by atoms with Crippen LogP contribution in [-0.2, 0) is 24.7 Å². The number of imide groups is 1. The number of rotatable bonds is 4. The van der Waals surface area contributed by atoms with Crippen molar-refractivity contribution in [3.8, 4) is 0 Å². The van der Waals surface area contributed by atoms with Gasteiger partial charge in [-0.15, -0.1) is 0 Å². The van der Waals surface area contributed by atoms with Crippen molar-refractivity contribution in [2.24, 2.45) is 0 Å². The van der Waals surface area contributed by atoms with Crippen molar-refractivity contribution in [3.63, 3.8) is 0 Å². The van der Waals surface area contributed by atoms with Crippen LogP contribution in [0.15, 0.2) is 65.7 Å². The maximum atomic E-state index is 13.7. The molecule has 6 nitrogen and oxygen atoms in total. The first-order chi connectivity index (χ1) is 13.9. The van der Waals surface area contributed by atoms with Gasteiger partial charge in [0.25, 0.3) is 11.8 Å². The fourth-order valence-corrected chi connectivity index (χ4v) is 3.97. The predicted octanol–water partition coefficient (Wildman–Crippen LogP) is 3.31. The van der Waals surface area contributed by atoms with Gasteiger partial charge in [0.1, 0.15) is 5.78 Å². The number of anilines is 1. The summed E-state index contributed by atoms with van der Waals surface area (Å²) in [7, 11) is 0. The third-order valence-corrected chi connectivity index (χ3v) is 5.46. The summed E-state index contributed by atoms with van der Waals surface area (Å²) in [5.41, 5.74) is 0.0864. The van der Waals surface area contributed by atoms with Crippen molar-refractivity contribution in [2.75, 3.05) is 4.90 Å². The Labute approximate surface area is 167 Å². The highest BCUT2D eigenvalue weighted by atomic mass is 16.6. The van der Waals surface area contributed by atoms with E-state index in [0.717, 1.165) is 4.90 Å². The van der Waals surface area contributed by atoms with Gasteiger partial charge in [-0.25, -0.2) is 9.69 Å². The van der Waals surface area contributed by atoms with Crippen LogP contribution in [0.2, 0.25) is 0 Å². The van der Waals surface area contributed by atoms with E-state index >= 15 is 0 Å². The number of ether oxygens (including phenoxy) is 1. The van der Waals surface area contributed by atoms with Gasteiger partial charge in [0, 0.05) is 23.1 Å². The van der Waals surface area contributed by atoms with Crippen LogP contribution in [0.3, 0.4) is 0 Å². The summed E-state index contributed by atoms with van der Waals surface area (Å²) < 4.78 is 5.72. The smallest absolute Gasteiger partial charge is 0.335 e. The Balaban J connectivity index is 1.94. The first kappa shape index (κ1) is 18.8. The molecule has 0 saturated heterocycles. The molecule has 2 aromatic carbocycles. The Bertz CT molecular complexity index is 1090. The van der Waals surface area contributed by atoms with Gasteiger partial charge in [0.05, 0.1) is 5.69 Å². The number of amides is 2. The van der Waals surface area contributed by atoms with Crippen LogP contribution >= 0.6 is 0 Å². The summed E-state index contributed by atoms with van der Waals surface area (Å²) in [6, 6.07) is 15.2. The lowest BCUT2D eigenvalue weighted by atomic mass is 9.78. The number of fused-ring (bicyclic) bond motifs is 2. The van der Waals surface area contributed by atoms with Gasteiger partial charge < -0.3 is 9.53 Å². The molecule has 0 fully saturated rings. The van der Waals surface area contributed by atoms with Gasteiger partial charge >= 0.3 is 5.97 Å². The third kappa shape index (κ3) is 2.71. The van der Waals surface area contributed by atoms with E-state index in [4.69, 9.17) is 4.74 Å². The molecule has 0 bridgehead atoms. The Morgan fingerprint density at radius 3 is 2.34 bits per heavy atom. The number of hydrogen-bond donors (Lipinski definition) is 0. The van der Waals surface area contributed by atoms with Gasteiger partial charge in [-0.2, -0.15) is 0 Å². The maximum Gasteiger partial charge on any atom is 0.335 e. The predicted molar refractivity (Wildman–Crippen MR) is 105 cm³/mol. The first-order valence-electron chi connectivity index (χ1n) is 9.34. The van der Waals surface area contributed by atoms with E-state index in [-0.39, 0.29) is 18.6 Å². The fourth-order valence-electron chi connectivity index (χ4n) is 3.97. The van der Waals surface area contributed by atoms with Crippen molar-refractivity contribution < 1.29 is 23.9 Å². The van der Waals surface area contributed by atoms with Crippen LogP contribution in [0, 0.1) is 0 Å². The molecule has 1 unspecified atom stereocenters. The topological polar surface area (TPSA) is 80.8 Å². The second-order valence-electron chi connectivity index (χ2n) is 7.20. The van der Waals surface area contributed by atoms with Crippen molar-refractivity contribution >= 4 is 29.3 Å². The normalized spacial score (nSPS) is 20.9. The van der Waals surface area contributed by atoms with E-state index in [1.807, 2.05) is 0 Å². The minimum absolute atomic E-state index is 0.0597. The standard InChI is InChI=1S/C23H19NO5/c1-14(25)12-13-17-15(2)23(29-21(17)27)19-11-7-6-10-18(19)20(26)24(22(23)28)16-8-4-3-5-9-16/h3-11H,12-13H2,1-2H3. The van der Waals surface area contributed by atoms with Crippen LogP contribution in [0.25, 0.3) is 0 Å². The van der Waals surface area contributed by atoms with E-state index in [9.17, 15) is 19.2 Å². The number of nitrogens with zero attached hydrogens (tertiary/aromatic N) is 1. The zero-order valence-corrected chi connectivity index (χ0v) is 16.1. The Kier molecular flexibility index (Phi) is 4.42. The lowest BCUT2D eigenvalue weighted by Crippen LogP contribution is -2.55. The van der Waals surface area contributed by atoms with Gasteiger partial charge in [-0.05, 0) is 44.0 Å². The quantitative estimate of drug-likeness (QED) is 0.592. The van der Waals surface area contributed by atoms with Crippen molar-refractivity contribution in [1.82, 2.24) is 0 Å². The molecule has 1 spiro atoms. The number of esters is 1. The van der Waals surface area contributed by atoms with Gasteiger partial charge in [-0.1, -0.05) is 36.4 Å². The summed E-state index contributed by atoms with van der Waals surface area (Å²) >= 11 is 0. The van der Waals surface area contributed by atoms with E-state index in [0.29, 0.717) is 28.0 Å². The lowest BCUT2D eigenvalue weighted by Gasteiger charge is -2.39. The molecule has 2 aliphatic rings. The molecule has 146 valence electrons. The number of ketones is 1. The molecule has 2 amide bonds. The molecule has 1 atom stereocenters. The van der Waals surface area contributed by atoms with Gasteiger partial charge in [0.2, 0.25) is 5.60 Å². The lowest BCUT2D eigenvalue weighted by molar-refractivity contribution is -0.157. The number of para-hydroxylation sites is 1. The summed E-state index contributed by atoms with van der Waals surface area (Å²) in [5, 5.41) is 0. The SMILES string of the molecule is CC(=O)CCC1=C(C)C2(OC1=O)C(=O)N(c1ccccc1)C(=O)c1ccccc12. The zero-order valence-electron chi connectivity index (χ0n) is 16.1. The molecule has 0 aliphatic carbocycles. The van der Waals surface area contributed by atoms with Crippen molar-refractivity contribution in [1.29, 1.82) is 0 Å². The van der Waals surface area contributed by atoms with E-state index in [2.05, 4.69) is 0 Å². The van der Waals surface area contributed by atoms with E-state index in [1.54, 1.807) is 61.5 Å². The summed E-state index contributed by atoms with van der Waals surface area (Å²) in [6.07, 6.45) is 0.367. The molecule has 29 heavy (non-hydrogen) atoms. The number of Topliss-reactive ketones (excluding diaryl/α,β-unsaturated/α-hetero) is 1. The molecule has 6 heteroatoms. The van der Waals surface area contributed by atoms with Crippen LogP contribution in [-0.4, -0.2) is 23.6 Å². The number of benzene rings is 2. The van der Waals surface area contributed by atoms with Crippen LogP contribution in [0.1, 0.15) is 42.6 Å². The molecule has 2 aliphatic heterocycles. The minimum Gasteiger partial charge on any atom is -0.436 e. The van der Waals surface area contributed by atoms with Gasteiger partial charge in [0.15, 0.2) is 0 Å². The first-order valence-corrected chi connectivity index (χ1v) is 9.34. The molecular weight excluding hydrogens is 370 g/mol. The van der Waals surface area contributed by atoms with Gasteiger partial charge in [-0.3, -0.25) is 9.59 Å². The van der Waals surface area contributed by atoms with Crippen LogP contribution < -0.4 is 4.90 Å². The van der Waals surface area contributed by atoms with Crippen molar-refractivity contribution in [3.05, 3.63) is 76.9 Å². The Hall–Kier alpha value is -3.54. The highest BCUT2D eigenvalue weighted by molar-refractivity contribution is 6.28. The Morgan fingerprint density at radius 1 is 1.00 bits per heavy atom. The molecule has 0 saturated carbocycles. The highest BCUT2D eigenvalue weighted by Gasteiger charge is 2.59. The molecule has 2 heterocycles. The monoisotopic (exact) mass is 389 g/mol. The summed E-state index contributed by atoms with van der Waals surface area (Å²) in [6.45, 7) is 3.11. The second-order valence-corrected chi connectivity index (χ2v) is 7.20. The summed E-state index contributed by atoms with van der Waals surface area (Å²) in [4.78, 5) is 52.0. The zero-order chi connectivity index (χ0) is 20.8. The molecular formula is C23H19NO5. The minimum atomic E-state index is -1.70. The number of carbonyl (C=O) groups is 4. The molecule has 0 N–H and O–H groups in total. The average molecular weight is 389 g/mol. The highest BCUT2D eigenvalue weighted by Crippen LogP contribution is 2.48. The van der Waals surface area contributed by atoms with E-state index in [1.165, 1.54) is 6.92 Å². The molecule has 0 radical (unpaired) electrons. The number of hydrogen-bond acceptors (Lipinski definition) is 5. The second kappa shape index (κ2) is 6.81. The third-order valence-electron chi connectivity index (χ3n) is 5.46. The van der Waals surface area contributed by atoms with Crippen LogP contribution in [0.4, 0.5) is 5.69 Å². The Morgan fingerprint density at radius 2 is 1.66 bits per heavy atom.